The van der Waals surface area contributed by atoms with Gasteiger partial charge in [-0.25, -0.2) is 19.2 Å². The van der Waals surface area contributed by atoms with Crippen LogP contribution in [0.2, 0.25) is 0 Å². The predicted octanol–water partition coefficient (Wildman–Crippen LogP) is 6.27. The van der Waals surface area contributed by atoms with Gasteiger partial charge in [0.2, 0.25) is 0 Å². The zero-order chi connectivity index (χ0) is 41.8. The third kappa shape index (κ3) is 9.91. The average molecular weight is 791 g/mol. The average Bonchev–Trinajstić information content (AvgIpc) is 3.17. The molecule has 0 saturated carbocycles. The third-order valence-corrected chi connectivity index (χ3v) is 9.35. The molecule has 0 saturated heterocycles. The van der Waals surface area contributed by atoms with Gasteiger partial charge < -0.3 is 48.5 Å². The van der Waals surface area contributed by atoms with E-state index in [1.54, 1.807) is 91.8 Å². The molecule has 0 unspecified atom stereocenters. The molecule has 0 bridgehead atoms. The molecule has 2 aliphatic rings. The largest absolute Gasteiger partial charge is 0.493 e. The van der Waals surface area contributed by atoms with E-state index in [-0.39, 0.29) is 39.6 Å². The number of allylic oxidation sites excluding steroid dienone is 4. The third-order valence-electron chi connectivity index (χ3n) is 9.35. The van der Waals surface area contributed by atoms with Crippen molar-refractivity contribution in [3.8, 4) is 23.0 Å². The van der Waals surface area contributed by atoms with E-state index in [4.69, 9.17) is 37.9 Å². The molecule has 0 aliphatic carbocycles. The Balaban J connectivity index is 1.52. The summed E-state index contributed by atoms with van der Waals surface area (Å²) in [5.41, 5.74) is 4.73. The SMILES string of the molecule is CCOC(=O)C1=C(C)NC(C)=C(C(=O)OCC)C1c1ccc(OCCCOc2ccc(C3C(C(=O)OCC)=C(C)NC(C)=C3C(=O)OCC)cc2OC)c(OC)c1. The lowest BCUT2D eigenvalue weighted by Crippen LogP contribution is -2.32. The van der Waals surface area contributed by atoms with Crippen LogP contribution in [0, 0.1) is 0 Å². The number of methoxy groups -OCH3 is 2. The Morgan fingerprint density at radius 1 is 0.491 bits per heavy atom. The Bertz CT molecular complexity index is 1760. The van der Waals surface area contributed by atoms with Crippen LogP contribution in [0.25, 0.3) is 0 Å². The Hall–Kier alpha value is -5.92. The van der Waals surface area contributed by atoms with Gasteiger partial charge in [-0.1, -0.05) is 12.1 Å². The fraction of sp³-hybridized carbons (Fsp3) is 0.442. The van der Waals surface area contributed by atoms with Gasteiger partial charge in [-0.3, -0.25) is 0 Å². The number of hydrogen-bond donors (Lipinski definition) is 2. The molecule has 0 aromatic heterocycles. The second kappa shape index (κ2) is 20.3. The van der Waals surface area contributed by atoms with Crippen molar-refractivity contribution in [1.82, 2.24) is 10.6 Å². The van der Waals surface area contributed by atoms with E-state index < -0.39 is 35.7 Å². The summed E-state index contributed by atoms with van der Waals surface area (Å²) in [6, 6.07) is 10.5. The number of nitrogens with one attached hydrogen (secondary N) is 2. The first kappa shape index (κ1) is 43.8. The van der Waals surface area contributed by atoms with E-state index in [2.05, 4.69) is 10.6 Å². The molecule has 0 spiro atoms. The maximum atomic E-state index is 13.2. The van der Waals surface area contributed by atoms with Crippen LogP contribution in [0.15, 0.2) is 81.5 Å². The van der Waals surface area contributed by atoms with Crippen molar-refractivity contribution in [3.05, 3.63) is 92.6 Å². The van der Waals surface area contributed by atoms with E-state index in [9.17, 15) is 19.2 Å². The van der Waals surface area contributed by atoms with E-state index in [0.29, 0.717) is 85.6 Å². The number of benzene rings is 2. The number of rotatable bonds is 18. The molecule has 0 amide bonds. The Kier molecular flexibility index (Phi) is 15.6. The summed E-state index contributed by atoms with van der Waals surface area (Å²) in [5, 5.41) is 6.28. The first-order chi connectivity index (χ1) is 27.4. The van der Waals surface area contributed by atoms with Crippen LogP contribution in [0.5, 0.6) is 23.0 Å². The van der Waals surface area contributed by atoms with Crippen LogP contribution in [0.4, 0.5) is 0 Å². The van der Waals surface area contributed by atoms with Gasteiger partial charge in [0.1, 0.15) is 0 Å². The molecular weight excluding hydrogens is 736 g/mol. The number of esters is 4. The number of hydrogen-bond acceptors (Lipinski definition) is 14. The standard InChI is InChI=1S/C43H54N2O12/c1-11-52-40(46)34-24(5)44-25(6)35(41(47)53-12-2)38(34)28-16-18-30(32(22-28)50-9)56-20-15-21-57-31-19-17-29(23-33(31)51-10)39-36(42(48)54-13-3)26(7)45-27(8)37(39)43(49)55-14-4/h16-19,22-23,38-39,44-45H,11-15,20-21H2,1-10H3. The predicted molar refractivity (Wildman–Crippen MR) is 211 cm³/mol. The number of dihydropyridines is 2. The molecular formula is C43H54N2O12. The van der Waals surface area contributed by atoms with Crippen molar-refractivity contribution in [2.24, 2.45) is 0 Å². The molecule has 14 nitrogen and oxygen atoms in total. The van der Waals surface area contributed by atoms with Crippen LogP contribution in [0.3, 0.4) is 0 Å². The second-order valence-corrected chi connectivity index (χ2v) is 13.0. The lowest BCUT2D eigenvalue weighted by Gasteiger charge is -2.30. The van der Waals surface area contributed by atoms with Crippen molar-refractivity contribution in [2.45, 2.75) is 73.6 Å². The Labute approximate surface area is 334 Å². The maximum absolute atomic E-state index is 13.2. The fourth-order valence-corrected chi connectivity index (χ4v) is 6.96. The molecule has 2 aromatic carbocycles. The molecule has 0 atom stereocenters. The first-order valence-electron chi connectivity index (χ1n) is 19.0. The normalized spacial score (nSPS) is 14.8. The summed E-state index contributed by atoms with van der Waals surface area (Å²) in [6.07, 6.45) is 0.478. The minimum Gasteiger partial charge on any atom is -0.493 e. The summed E-state index contributed by atoms with van der Waals surface area (Å²) < 4.78 is 45.1. The lowest BCUT2D eigenvalue weighted by molar-refractivity contribution is -0.141. The van der Waals surface area contributed by atoms with Crippen molar-refractivity contribution in [3.63, 3.8) is 0 Å². The van der Waals surface area contributed by atoms with Gasteiger partial charge in [-0.05, 0) is 90.8 Å². The monoisotopic (exact) mass is 790 g/mol. The molecule has 14 heteroatoms. The topological polar surface area (TPSA) is 166 Å². The molecule has 2 N–H and O–H groups in total. The van der Waals surface area contributed by atoms with Crippen LogP contribution >= 0.6 is 0 Å². The van der Waals surface area contributed by atoms with Crippen LogP contribution in [-0.4, -0.2) is 77.7 Å². The zero-order valence-corrected chi connectivity index (χ0v) is 34.5. The highest BCUT2D eigenvalue weighted by Crippen LogP contribution is 2.44. The summed E-state index contributed by atoms with van der Waals surface area (Å²) in [4.78, 5) is 52.9. The molecule has 2 heterocycles. The van der Waals surface area contributed by atoms with Crippen molar-refractivity contribution < 1.29 is 57.1 Å². The fourth-order valence-electron chi connectivity index (χ4n) is 6.96. The molecule has 308 valence electrons. The number of ether oxygens (including phenoxy) is 8. The number of carbonyl (C=O) groups is 4. The van der Waals surface area contributed by atoms with E-state index >= 15 is 0 Å². The van der Waals surface area contributed by atoms with Crippen LogP contribution < -0.4 is 29.6 Å². The Morgan fingerprint density at radius 2 is 0.789 bits per heavy atom. The number of carbonyl (C=O) groups excluding carboxylic acids is 4. The highest BCUT2D eigenvalue weighted by Gasteiger charge is 2.40. The van der Waals surface area contributed by atoms with Gasteiger partial charge in [0, 0.05) is 29.2 Å². The molecule has 0 fully saturated rings. The molecule has 0 radical (unpaired) electrons. The highest BCUT2D eigenvalue weighted by atomic mass is 16.5. The van der Waals surface area contributed by atoms with E-state index in [1.807, 2.05) is 0 Å². The maximum Gasteiger partial charge on any atom is 0.336 e. The second-order valence-electron chi connectivity index (χ2n) is 13.0. The van der Waals surface area contributed by atoms with Gasteiger partial charge >= 0.3 is 23.9 Å². The minimum atomic E-state index is -0.773. The van der Waals surface area contributed by atoms with Crippen molar-refractivity contribution >= 4 is 23.9 Å². The van der Waals surface area contributed by atoms with Gasteiger partial charge in [-0.15, -0.1) is 0 Å². The van der Waals surface area contributed by atoms with Crippen LogP contribution in [-0.2, 0) is 38.1 Å². The molecule has 2 aromatic rings. The van der Waals surface area contributed by atoms with Gasteiger partial charge in [-0.2, -0.15) is 0 Å². The molecule has 4 rings (SSSR count). The summed E-state index contributed by atoms with van der Waals surface area (Å²) in [7, 11) is 3.02. The summed E-state index contributed by atoms with van der Waals surface area (Å²) in [5.74, 6) is -1.99. The van der Waals surface area contributed by atoms with Gasteiger partial charge in [0.25, 0.3) is 0 Å². The van der Waals surface area contributed by atoms with Crippen LogP contribution in [0.1, 0.15) is 84.8 Å². The quantitative estimate of drug-likeness (QED) is 0.0985. The molecule has 2 aliphatic heterocycles. The smallest absolute Gasteiger partial charge is 0.336 e. The summed E-state index contributed by atoms with van der Waals surface area (Å²) >= 11 is 0. The highest BCUT2D eigenvalue weighted by molar-refractivity contribution is 6.01. The van der Waals surface area contributed by atoms with Gasteiger partial charge in [0.05, 0.1) is 88.0 Å². The first-order valence-corrected chi connectivity index (χ1v) is 19.0. The Morgan fingerprint density at radius 3 is 1.05 bits per heavy atom. The van der Waals surface area contributed by atoms with E-state index in [1.165, 1.54) is 14.2 Å². The minimum absolute atomic E-state index is 0.167. The zero-order valence-electron chi connectivity index (χ0n) is 34.5. The van der Waals surface area contributed by atoms with E-state index in [0.717, 1.165) is 0 Å². The summed E-state index contributed by atoms with van der Waals surface area (Å²) in [6.45, 7) is 15.1. The van der Waals surface area contributed by atoms with Gasteiger partial charge in [0.15, 0.2) is 23.0 Å². The van der Waals surface area contributed by atoms with Crippen molar-refractivity contribution in [2.75, 3.05) is 53.9 Å². The van der Waals surface area contributed by atoms with Crippen molar-refractivity contribution in [1.29, 1.82) is 0 Å². The molecule has 57 heavy (non-hydrogen) atoms. The lowest BCUT2D eigenvalue weighted by atomic mass is 9.80.